The largest absolute Gasteiger partial charge is 0.492 e. The van der Waals surface area contributed by atoms with Gasteiger partial charge in [-0.2, -0.15) is 0 Å². The summed E-state index contributed by atoms with van der Waals surface area (Å²) >= 11 is 6.35. The van der Waals surface area contributed by atoms with Crippen molar-refractivity contribution in [1.82, 2.24) is 10.3 Å². The van der Waals surface area contributed by atoms with Gasteiger partial charge in [-0.25, -0.2) is 0 Å². The van der Waals surface area contributed by atoms with E-state index in [1.165, 1.54) is 11.1 Å². The van der Waals surface area contributed by atoms with Gasteiger partial charge in [0.2, 0.25) is 0 Å². The molecule has 3 rings (SSSR count). The minimum atomic E-state index is 0.667. The van der Waals surface area contributed by atoms with Crippen molar-refractivity contribution >= 4 is 11.6 Å². The maximum atomic E-state index is 6.35. The van der Waals surface area contributed by atoms with Crippen LogP contribution in [0, 0.1) is 0 Å². The lowest BCUT2D eigenvalue weighted by Gasteiger charge is -2.15. The predicted octanol–water partition coefficient (Wildman–Crippen LogP) is 3.43. The quantitative estimate of drug-likeness (QED) is 0.858. The van der Waals surface area contributed by atoms with E-state index in [4.69, 9.17) is 16.3 Å². The average Bonchev–Trinajstić information content (AvgIpc) is 2.79. The number of benzene rings is 1. The van der Waals surface area contributed by atoms with Gasteiger partial charge in [0.05, 0.1) is 11.6 Å². The summed E-state index contributed by atoms with van der Waals surface area (Å²) in [5.74, 6) is 0.879. The van der Waals surface area contributed by atoms with Crippen LogP contribution in [0.15, 0.2) is 36.5 Å². The highest BCUT2D eigenvalue weighted by Gasteiger charge is 2.15. The van der Waals surface area contributed by atoms with Gasteiger partial charge in [0.25, 0.3) is 0 Å². The number of rotatable bonds is 5. The van der Waals surface area contributed by atoms with Gasteiger partial charge in [-0.3, -0.25) is 4.98 Å². The lowest BCUT2D eigenvalue weighted by Crippen LogP contribution is -2.16. The molecule has 0 unspecified atom stereocenters. The van der Waals surface area contributed by atoms with Crippen molar-refractivity contribution in [2.75, 3.05) is 19.7 Å². The van der Waals surface area contributed by atoms with Crippen molar-refractivity contribution in [3.05, 3.63) is 58.4 Å². The van der Waals surface area contributed by atoms with Crippen LogP contribution in [0.5, 0.6) is 5.75 Å². The van der Waals surface area contributed by atoms with Crippen LogP contribution in [0.1, 0.15) is 23.2 Å². The van der Waals surface area contributed by atoms with Gasteiger partial charge in [0.15, 0.2) is 0 Å². The second kappa shape index (κ2) is 7.61. The van der Waals surface area contributed by atoms with E-state index < -0.39 is 0 Å². The molecule has 0 amide bonds. The first-order valence-corrected chi connectivity index (χ1v) is 8.26. The molecule has 2 heterocycles. The Kier molecular flexibility index (Phi) is 5.30. The lowest BCUT2D eigenvalue weighted by atomic mass is 10.0. The SMILES string of the molecule is Clc1ccc2c(c1OCCCc1ccccn1)CCNCC2. The Labute approximate surface area is 136 Å². The molecule has 2 aromatic rings. The Hall–Kier alpha value is -1.58. The zero-order chi connectivity index (χ0) is 15.2. The zero-order valence-corrected chi connectivity index (χ0v) is 13.4. The molecule has 1 aromatic heterocycles. The van der Waals surface area contributed by atoms with E-state index in [9.17, 15) is 0 Å². The molecule has 0 radical (unpaired) electrons. The van der Waals surface area contributed by atoms with Crippen molar-refractivity contribution in [1.29, 1.82) is 0 Å². The maximum Gasteiger partial charge on any atom is 0.141 e. The van der Waals surface area contributed by atoms with Gasteiger partial charge in [-0.05, 0) is 62.5 Å². The van der Waals surface area contributed by atoms with E-state index in [1.54, 1.807) is 0 Å². The Bertz CT molecular complexity index is 616. The first-order chi connectivity index (χ1) is 10.8. The molecular formula is C18H21ClN2O. The van der Waals surface area contributed by atoms with Crippen LogP contribution in [-0.2, 0) is 19.3 Å². The highest BCUT2D eigenvalue weighted by molar-refractivity contribution is 6.32. The molecule has 116 valence electrons. The molecule has 0 saturated heterocycles. The average molecular weight is 317 g/mol. The van der Waals surface area contributed by atoms with Gasteiger partial charge >= 0.3 is 0 Å². The van der Waals surface area contributed by atoms with E-state index in [0.29, 0.717) is 6.61 Å². The fourth-order valence-electron chi connectivity index (χ4n) is 2.84. The first kappa shape index (κ1) is 15.3. The van der Waals surface area contributed by atoms with Gasteiger partial charge < -0.3 is 10.1 Å². The summed E-state index contributed by atoms with van der Waals surface area (Å²) in [5.41, 5.74) is 3.73. The first-order valence-electron chi connectivity index (χ1n) is 7.88. The molecule has 0 bridgehead atoms. The second-order valence-electron chi connectivity index (χ2n) is 5.54. The molecule has 0 atom stereocenters. The molecule has 3 nitrogen and oxygen atoms in total. The molecular weight excluding hydrogens is 296 g/mol. The Morgan fingerprint density at radius 1 is 1.14 bits per heavy atom. The Balaban J connectivity index is 1.62. The van der Waals surface area contributed by atoms with Crippen molar-refractivity contribution < 1.29 is 4.74 Å². The van der Waals surface area contributed by atoms with Crippen LogP contribution in [-0.4, -0.2) is 24.7 Å². The topological polar surface area (TPSA) is 34.1 Å². The summed E-state index contributed by atoms with van der Waals surface area (Å²) in [4.78, 5) is 4.33. The van der Waals surface area contributed by atoms with Crippen molar-refractivity contribution in [2.45, 2.75) is 25.7 Å². The Morgan fingerprint density at radius 2 is 2.05 bits per heavy atom. The number of halogens is 1. The molecule has 0 fully saturated rings. The minimum absolute atomic E-state index is 0.667. The van der Waals surface area contributed by atoms with E-state index in [1.807, 2.05) is 30.5 Å². The number of hydrogen-bond donors (Lipinski definition) is 1. The molecule has 0 aliphatic carbocycles. The number of aromatic nitrogens is 1. The number of hydrogen-bond acceptors (Lipinski definition) is 3. The molecule has 0 saturated carbocycles. The summed E-state index contributed by atoms with van der Waals surface area (Å²) in [6, 6.07) is 10.1. The van der Waals surface area contributed by atoms with E-state index in [0.717, 1.165) is 55.2 Å². The smallest absolute Gasteiger partial charge is 0.141 e. The van der Waals surface area contributed by atoms with E-state index in [2.05, 4.69) is 16.4 Å². The number of pyridine rings is 1. The van der Waals surface area contributed by atoms with Gasteiger partial charge in [0, 0.05) is 17.5 Å². The number of aryl methyl sites for hydroxylation is 1. The third-order valence-corrected chi connectivity index (χ3v) is 4.28. The third-order valence-electron chi connectivity index (χ3n) is 3.98. The normalized spacial score (nSPS) is 14.2. The van der Waals surface area contributed by atoms with Crippen LogP contribution in [0.4, 0.5) is 0 Å². The third kappa shape index (κ3) is 3.79. The van der Waals surface area contributed by atoms with Gasteiger partial charge in [-0.15, -0.1) is 0 Å². The number of ether oxygens (including phenoxy) is 1. The van der Waals surface area contributed by atoms with Gasteiger partial charge in [-0.1, -0.05) is 23.7 Å². The van der Waals surface area contributed by atoms with E-state index >= 15 is 0 Å². The molecule has 1 aromatic carbocycles. The predicted molar refractivity (Wildman–Crippen MR) is 89.8 cm³/mol. The van der Waals surface area contributed by atoms with Crippen molar-refractivity contribution in [3.8, 4) is 5.75 Å². The highest BCUT2D eigenvalue weighted by atomic mass is 35.5. The van der Waals surface area contributed by atoms with Crippen LogP contribution < -0.4 is 10.1 Å². The Morgan fingerprint density at radius 3 is 2.91 bits per heavy atom. The van der Waals surface area contributed by atoms with Crippen LogP contribution in [0.2, 0.25) is 5.02 Å². The molecule has 1 aliphatic heterocycles. The summed E-state index contributed by atoms with van der Waals surface area (Å²) in [6.07, 6.45) is 5.71. The fourth-order valence-corrected chi connectivity index (χ4v) is 3.07. The summed E-state index contributed by atoms with van der Waals surface area (Å²) in [6.45, 7) is 2.67. The lowest BCUT2D eigenvalue weighted by molar-refractivity contribution is 0.307. The molecule has 22 heavy (non-hydrogen) atoms. The summed E-state index contributed by atoms with van der Waals surface area (Å²) in [5, 5.41) is 4.14. The second-order valence-corrected chi connectivity index (χ2v) is 5.94. The molecule has 0 spiro atoms. The number of nitrogens with zero attached hydrogens (tertiary/aromatic N) is 1. The summed E-state index contributed by atoms with van der Waals surface area (Å²) in [7, 11) is 0. The molecule has 4 heteroatoms. The summed E-state index contributed by atoms with van der Waals surface area (Å²) < 4.78 is 6.02. The van der Waals surface area contributed by atoms with Crippen LogP contribution in [0.3, 0.4) is 0 Å². The monoisotopic (exact) mass is 316 g/mol. The van der Waals surface area contributed by atoms with Crippen molar-refractivity contribution in [3.63, 3.8) is 0 Å². The number of nitrogens with one attached hydrogen (secondary N) is 1. The maximum absolute atomic E-state index is 6.35. The van der Waals surface area contributed by atoms with Crippen LogP contribution in [0.25, 0.3) is 0 Å². The standard InChI is InChI=1S/C18H21ClN2O/c19-17-7-6-14-8-11-20-12-9-16(14)18(17)22-13-3-5-15-4-1-2-10-21-15/h1-2,4,6-7,10,20H,3,5,8-9,11-13H2. The number of fused-ring (bicyclic) bond motifs is 1. The van der Waals surface area contributed by atoms with Gasteiger partial charge in [0.1, 0.15) is 5.75 Å². The molecule has 1 N–H and O–H groups in total. The molecule has 1 aliphatic rings. The van der Waals surface area contributed by atoms with Crippen LogP contribution >= 0.6 is 11.6 Å². The zero-order valence-electron chi connectivity index (χ0n) is 12.6. The minimum Gasteiger partial charge on any atom is -0.492 e. The van der Waals surface area contributed by atoms with E-state index in [-0.39, 0.29) is 0 Å². The highest BCUT2D eigenvalue weighted by Crippen LogP contribution is 2.33. The van der Waals surface area contributed by atoms with Crippen molar-refractivity contribution in [2.24, 2.45) is 0 Å². The fraction of sp³-hybridized carbons (Fsp3) is 0.389.